The summed E-state index contributed by atoms with van der Waals surface area (Å²) >= 11 is 1.52. The molecule has 4 rings (SSSR count). The Bertz CT molecular complexity index is 1170. The van der Waals surface area contributed by atoms with E-state index in [9.17, 15) is 23.1 Å². The summed E-state index contributed by atoms with van der Waals surface area (Å²) in [6.45, 7) is 1.64. The highest BCUT2D eigenvalue weighted by molar-refractivity contribution is 8.00. The van der Waals surface area contributed by atoms with Crippen molar-refractivity contribution in [1.82, 2.24) is 0 Å². The van der Waals surface area contributed by atoms with Gasteiger partial charge in [-0.1, -0.05) is 24.3 Å². The monoisotopic (exact) mass is 474 g/mol. The zero-order valence-electron chi connectivity index (χ0n) is 17.5. The normalized spacial score (nSPS) is 17.6. The zero-order chi connectivity index (χ0) is 23.6. The van der Waals surface area contributed by atoms with Gasteiger partial charge in [-0.05, 0) is 43.3 Å². The average Bonchev–Trinajstić information content (AvgIpc) is 2.78. The Morgan fingerprint density at radius 1 is 1.12 bits per heavy atom. The molecule has 0 fully saturated rings. The van der Waals surface area contributed by atoms with Crippen LogP contribution in [0.5, 0.6) is 5.75 Å². The number of hydrogen-bond donors (Lipinski definition) is 3. The van der Waals surface area contributed by atoms with Gasteiger partial charge in [0.05, 0.1) is 16.5 Å². The van der Waals surface area contributed by atoms with Crippen LogP contribution in [0.4, 0.5) is 24.5 Å². The molecule has 5 nitrogen and oxygen atoms in total. The summed E-state index contributed by atoms with van der Waals surface area (Å²) in [4.78, 5) is 13.7. The number of anilines is 2. The van der Waals surface area contributed by atoms with Crippen LogP contribution < -0.4 is 15.4 Å². The Hall–Kier alpha value is -3.17. The van der Waals surface area contributed by atoms with Crippen LogP contribution in [-0.2, 0) is 12.8 Å². The lowest BCUT2D eigenvalue weighted by Crippen LogP contribution is -2.32. The van der Waals surface area contributed by atoms with Crippen LogP contribution in [0.3, 0.4) is 0 Å². The summed E-state index contributed by atoms with van der Waals surface area (Å²) in [6.07, 6.45) is -5.18. The largest absolute Gasteiger partial charge is 0.489 e. The molecule has 1 heterocycles. The van der Waals surface area contributed by atoms with Crippen LogP contribution >= 0.6 is 11.8 Å². The molecule has 3 aromatic rings. The molecule has 2 unspecified atom stereocenters. The Labute approximate surface area is 193 Å². The van der Waals surface area contributed by atoms with Crippen molar-refractivity contribution in [3.8, 4) is 5.75 Å². The number of alkyl halides is 3. The summed E-state index contributed by atoms with van der Waals surface area (Å²) in [5.41, 5.74) is 0.798. The van der Waals surface area contributed by atoms with Crippen molar-refractivity contribution < 1.29 is 27.8 Å². The van der Waals surface area contributed by atoms with Crippen molar-refractivity contribution in [2.24, 2.45) is 0 Å². The van der Waals surface area contributed by atoms with Gasteiger partial charge >= 0.3 is 6.18 Å². The molecule has 3 aromatic carbocycles. The maximum absolute atomic E-state index is 13.2. The van der Waals surface area contributed by atoms with Gasteiger partial charge in [-0.15, -0.1) is 11.8 Å². The number of rotatable bonds is 5. The first-order valence-electron chi connectivity index (χ1n) is 10.2. The van der Waals surface area contributed by atoms with Gasteiger partial charge in [-0.2, -0.15) is 13.2 Å². The van der Waals surface area contributed by atoms with Crippen molar-refractivity contribution in [3.05, 3.63) is 83.4 Å². The third-order valence-corrected chi connectivity index (χ3v) is 6.35. The standard InChI is InChI=1S/C24H21F3N2O3S/c1-14-22(30)29-20-11-15(9-10-21(20)33-14)23(31)28-17-6-4-7-18(12-17)32-13-16-5-2-3-8-19(16)24(25,26)27/h2-12,14,22,29-30H,13H2,1H3,(H,28,31). The molecule has 0 bridgehead atoms. The molecule has 9 heteroatoms. The molecular weight excluding hydrogens is 453 g/mol. The molecule has 172 valence electrons. The number of amides is 1. The van der Waals surface area contributed by atoms with Gasteiger partial charge in [0.25, 0.3) is 5.91 Å². The number of fused-ring (bicyclic) bond motifs is 1. The van der Waals surface area contributed by atoms with Crippen LogP contribution in [-0.4, -0.2) is 22.5 Å². The van der Waals surface area contributed by atoms with E-state index in [1.165, 1.54) is 30.0 Å². The molecule has 0 saturated heterocycles. The topological polar surface area (TPSA) is 70.6 Å². The molecule has 0 aliphatic carbocycles. The van der Waals surface area contributed by atoms with E-state index in [-0.39, 0.29) is 23.3 Å². The Kier molecular flexibility index (Phi) is 6.53. The molecule has 33 heavy (non-hydrogen) atoms. The van der Waals surface area contributed by atoms with Crippen LogP contribution in [0.1, 0.15) is 28.4 Å². The highest BCUT2D eigenvalue weighted by Crippen LogP contribution is 2.37. The molecule has 0 radical (unpaired) electrons. The van der Waals surface area contributed by atoms with E-state index in [1.54, 1.807) is 36.4 Å². The SMILES string of the molecule is CC1Sc2ccc(C(=O)Nc3cccc(OCc4ccccc4C(F)(F)F)c3)cc2NC1O. The van der Waals surface area contributed by atoms with E-state index in [4.69, 9.17) is 4.74 Å². The number of aliphatic hydroxyl groups is 1. The molecule has 3 N–H and O–H groups in total. The van der Waals surface area contributed by atoms with Gasteiger partial charge in [-0.3, -0.25) is 4.79 Å². The van der Waals surface area contributed by atoms with Crippen LogP contribution in [0.25, 0.3) is 0 Å². The number of hydrogen-bond acceptors (Lipinski definition) is 5. The van der Waals surface area contributed by atoms with E-state index >= 15 is 0 Å². The van der Waals surface area contributed by atoms with Crippen LogP contribution in [0, 0.1) is 0 Å². The van der Waals surface area contributed by atoms with Gasteiger partial charge in [-0.25, -0.2) is 0 Å². The summed E-state index contributed by atoms with van der Waals surface area (Å²) in [5.74, 6) is -0.0392. The van der Waals surface area contributed by atoms with E-state index in [2.05, 4.69) is 10.6 Å². The van der Waals surface area contributed by atoms with Gasteiger partial charge in [0.1, 0.15) is 18.6 Å². The van der Waals surface area contributed by atoms with Gasteiger partial charge < -0.3 is 20.5 Å². The summed E-state index contributed by atoms with van der Waals surface area (Å²) in [5, 5.41) is 15.7. The predicted octanol–water partition coefficient (Wildman–Crippen LogP) is 5.76. The van der Waals surface area contributed by atoms with Gasteiger partial charge in [0, 0.05) is 27.8 Å². The van der Waals surface area contributed by atoms with E-state index in [1.807, 2.05) is 13.0 Å². The molecule has 0 aromatic heterocycles. The zero-order valence-corrected chi connectivity index (χ0v) is 18.3. The number of benzene rings is 3. The van der Waals surface area contributed by atoms with Crippen molar-refractivity contribution in [3.63, 3.8) is 0 Å². The van der Waals surface area contributed by atoms with E-state index in [0.29, 0.717) is 22.7 Å². The highest BCUT2D eigenvalue weighted by Gasteiger charge is 2.33. The third kappa shape index (κ3) is 5.43. The minimum absolute atomic E-state index is 0.0111. The first kappa shape index (κ1) is 23.0. The minimum Gasteiger partial charge on any atom is -0.489 e. The molecular formula is C24H21F3N2O3S. The smallest absolute Gasteiger partial charge is 0.416 e. The second kappa shape index (κ2) is 9.36. The predicted molar refractivity (Wildman–Crippen MR) is 122 cm³/mol. The van der Waals surface area contributed by atoms with Gasteiger partial charge in [0.2, 0.25) is 0 Å². The van der Waals surface area contributed by atoms with Gasteiger partial charge in [0.15, 0.2) is 0 Å². The number of aliphatic hydroxyl groups excluding tert-OH is 1. The molecule has 1 aliphatic heterocycles. The highest BCUT2D eigenvalue weighted by atomic mass is 32.2. The van der Waals surface area contributed by atoms with Crippen molar-refractivity contribution in [2.45, 2.75) is 36.1 Å². The third-order valence-electron chi connectivity index (χ3n) is 5.11. The summed E-state index contributed by atoms with van der Waals surface area (Å²) in [6, 6.07) is 16.9. The van der Waals surface area contributed by atoms with E-state index in [0.717, 1.165) is 11.0 Å². The number of thioether (sulfide) groups is 1. The van der Waals surface area contributed by atoms with Crippen molar-refractivity contribution >= 4 is 29.0 Å². The van der Waals surface area contributed by atoms with Crippen molar-refractivity contribution in [1.29, 1.82) is 0 Å². The number of nitrogens with one attached hydrogen (secondary N) is 2. The minimum atomic E-state index is -4.47. The summed E-state index contributed by atoms with van der Waals surface area (Å²) < 4.78 is 45.1. The number of carbonyl (C=O) groups is 1. The first-order chi connectivity index (χ1) is 15.7. The van der Waals surface area contributed by atoms with E-state index < -0.39 is 18.0 Å². The molecule has 2 atom stereocenters. The lowest BCUT2D eigenvalue weighted by Gasteiger charge is -2.28. The van der Waals surface area contributed by atoms with Crippen LogP contribution in [0.2, 0.25) is 0 Å². The summed E-state index contributed by atoms with van der Waals surface area (Å²) in [7, 11) is 0. The molecule has 1 amide bonds. The quantitative estimate of drug-likeness (QED) is 0.439. The lowest BCUT2D eigenvalue weighted by molar-refractivity contribution is -0.138. The second-order valence-electron chi connectivity index (χ2n) is 7.55. The lowest BCUT2D eigenvalue weighted by atomic mass is 10.1. The Morgan fingerprint density at radius 3 is 2.70 bits per heavy atom. The number of ether oxygens (including phenoxy) is 1. The van der Waals surface area contributed by atoms with Crippen molar-refractivity contribution in [2.75, 3.05) is 10.6 Å². The fourth-order valence-corrected chi connectivity index (χ4v) is 4.37. The number of halogens is 3. The second-order valence-corrected chi connectivity index (χ2v) is 8.97. The maximum atomic E-state index is 13.2. The first-order valence-corrected chi connectivity index (χ1v) is 11.0. The maximum Gasteiger partial charge on any atom is 0.416 e. The molecule has 0 saturated carbocycles. The molecule has 0 spiro atoms. The Morgan fingerprint density at radius 2 is 1.91 bits per heavy atom. The average molecular weight is 475 g/mol. The number of carbonyl (C=O) groups excluding carboxylic acids is 1. The Balaban J connectivity index is 1.44. The fraction of sp³-hybridized carbons (Fsp3) is 0.208. The van der Waals surface area contributed by atoms with Crippen LogP contribution in [0.15, 0.2) is 71.6 Å². The molecule has 1 aliphatic rings. The fourth-order valence-electron chi connectivity index (χ4n) is 3.38.